The van der Waals surface area contributed by atoms with E-state index in [4.69, 9.17) is 4.74 Å². The fraction of sp³-hybridized carbons (Fsp3) is 0.250. The van der Waals surface area contributed by atoms with Crippen LogP contribution in [0.1, 0.15) is 6.92 Å². The number of fused-ring (bicyclic) bond motifs is 1. The fourth-order valence-corrected chi connectivity index (χ4v) is 1.66. The number of aromatic nitrogens is 1. The van der Waals surface area contributed by atoms with Crippen molar-refractivity contribution in [2.24, 2.45) is 0 Å². The number of para-hydroxylation sites is 1. The Kier molecular flexibility index (Phi) is 2.56. The predicted octanol–water partition coefficient (Wildman–Crippen LogP) is 2.16. The van der Waals surface area contributed by atoms with Crippen molar-refractivity contribution in [1.82, 2.24) is 4.98 Å². The van der Waals surface area contributed by atoms with Crippen LogP contribution in [0.25, 0.3) is 10.9 Å². The second-order valence-electron chi connectivity index (χ2n) is 3.84. The van der Waals surface area contributed by atoms with Crippen LogP contribution in [0.4, 0.5) is 5.82 Å². The SMILES string of the molecule is CC(=O)Oc1c(N(C)C)[nH]c2ccccc12. The van der Waals surface area contributed by atoms with E-state index in [1.807, 2.05) is 43.3 Å². The fourth-order valence-electron chi connectivity index (χ4n) is 1.66. The summed E-state index contributed by atoms with van der Waals surface area (Å²) in [5, 5.41) is 0.918. The van der Waals surface area contributed by atoms with Gasteiger partial charge in [-0.3, -0.25) is 4.79 Å². The zero-order chi connectivity index (χ0) is 11.7. The molecule has 0 aliphatic rings. The number of nitrogens with one attached hydrogen (secondary N) is 1. The lowest BCUT2D eigenvalue weighted by atomic mass is 10.2. The Bertz CT molecular complexity index is 529. The highest BCUT2D eigenvalue weighted by atomic mass is 16.5. The number of aromatic amines is 1. The Morgan fingerprint density at radius 3 is 2.62 bits per heavy atom. The van der Waals surface area contributed by atoms with Gasteiger partial charge in [0, 0.05) is 26.4 Å². The summed E-state index contributed by atoms with van der Waals surface area (Å²) in [7, 11) is 3.80. The van der Waals surface area contributed by atoms with Gasteiger partial charge in [-0.15, -0.1) is 0 Å². The van der Waals surface area contributed by atoms with Crippen LogP contribution in [0.3, 0.4) is 0 Å². The Balaban J connectivity index is 2.64. The molecule has 1 N–H and O–H groups in total. The second-order valence-corrected chi connectivity index (χ2v) is 3.84. The molecule has 0 bridgehead atoms. The third-order valence-electron chi connectivity index (χ3n) is 2.33. The first-order chi connectivity index (χ1) is 7.59. The highest BCUT2D eigenvalue weighted by Crippen LogP contribution is 2.35. The number of nitrogens with zero attached hydrogens (tertiary/aromatic N) is 1. The van der Waals surface area contributed by atoms with Gasteiger partial charge in [-0.05, 0) is 12.1 Å². The summed E-state index contributed by atoms with van der Waals surface area (Å²) < 4.78 is 5.25. The van der Waals surface area contributed by atoms with Crippen LogP contribution in [0, 0.1) is 0 Å². The average Bonchev–Trinajstić information content (AvgIpc) is 2.57. The molecule has 0 amide bonds. The summed E-state index contributed by atoms with van der Waals surface area (Å²) in [6.07, 6.45) is 0. The van der Waals surface area contributed by atoms with E-state index in [1.165, 1.54) is 6.92 Å². The number of H-pyrrole nitrogens is 1. The molecule has 0 aliphatic carbocycles. The van der Waals surface area contributed by atoms with Gasteiger partial charge in [0.05, 0.1) is 5.52 Å². The van der Waals surface area contributed by atoms with E-state index >= 15 is 0 Å². The molecule has 84 valence electrons. The number of esters is 1. The molecule has 0 radical (unpaired) electrons. The van der Waals surface area contributed by atoms with Crippen molar-refractivity contribution in [3.63, 3.8) is 0 Å². The van der Waals surface area contributed by atoms with Crippen molar-refractivity contribution in [2.45, 2.75) is 6.92 Å². The maximum Gasteiger partial charge on any atom is 0.308 e. The van der Waals surface area contributed by atoms with E-state index < -0.39 is 0 Å². The minimum atomic E-state index is -0.312. The standard InChI is InChI=1S/C12H14N2O2/c1-8(15)16-11-9-6-4-5-7-10(9)13-12(11)14(2)3/h4-7,13H,1-3H3. The van der Waals surface area contributed by atoms with Crippen molar-refractivity contribution >= 4 is 22.7 Å². The Morgan fingerprint density at radius 1 is 1.31 bits per heavy atom. The molecule has 0 saturated heterocycles. The van der Waals surface area contributed by atoms with Crippen molar-refractivity contribution in [2.75, 3.05) is 19.0 Å². The molecular weight excluding hydrogens is 204 g/mol. The molecule has 0 saturated carbocycles. The zero-order valence-electron chi connectivity index (χ0n) is 9.57. The minimum Gasteiger partial charge on any atom is -0.422 e. The molecule has 4 heteroatoms. The molecule has 2 rings (SSSR count). The molecule has 0 aliphatic heterocycles. The first-order valence-corrected chi connectivity index (χ1v) is 5.06. The highest BCUT2D eigenvalue weighted by Gasteiger charge is 2.15. The summed E-state index contributed by atoms with van der Waals surface area (Å²) in [5.41, 5.74) is 0.961. The molecule has 16 heavy (non-hydrogen) atoms. The monoisotopic (exact) mass is 218 g/mol. The van der Waals surface area contributed by atoms with Crippen LogP contribution >= 0.6 is 0 Å². The summed E-state index contributed by atoms with van der Waals surface area (Å²) in [4.78, 5) is 16.2. The number of benzene rings is 1. The lowest BCUT2D eigenvalue weighted by Gasteiger charge is -2.12. The molecule has 1 aromatic heterocycles. The van der Waals surface area contributed by atoms with Gasteiger partial charge < -0.3 is 14.6 Å². The van der Waals surface area contributed by atoms with Gasteiger partial charge in [0.25, 0.3) is 0 Å². The first kappa shape index (κ1) is 10.5. The molecule has 0 spiro atoms. The van der Waals surface area contributed by atoms with Gasteiger partial charge in [-0.2, -0.15) is 0 Å². The molecule has 2 aromatic rings. The summed E-state index contributed by atoms with van der Waals surface area (Å²) in [6, 6.07) is 7.74. The van der Waals surface area contributed by atoms with E-state index in [9.17, 15) is 4.79 Å². The first-order valence-electron chi connectivity index (χ1n) is 5.06. The third-order valence-corrected chi connectivity index (χ3v) is 2.33. The number of anilines is 1. The van der Waals surface area contributed by atoms with Crippen LogP contribution in [0.15, 0.2) is 24.3 Å². The van der Waals surface area contributed by atoms with Gasteiger partial charge >= 0.3 is 5.97 Å². The average molecular weight is 218 g/mol. The molecular formula is C12H14N2O2. The van der Waals surface area contributed by atoms with Crippen LogP contribution in [-0.2, 0) is 4.79 Å². The van der Waals surface area contributed by atoms with E-state index in [-0.39, 0.29) is 5.97 Å². The van der Waals surface area contributed by atoms with E-state index in [0.717, 1.165) is 16.7 Å². The molecule has 0 fully saturated rings. The summed E-state index contributed by atoms with van der Waals surface area (Å²) >= 11 is 0. The number of carbonyl (C=O) groups is 1. The molecule has 4 nitrogen and oxygen atoms in total. The van der Waals surface area contributed by atoms with E-state index in [2.05, 4.69) is 4.98 Å². The zero-order valence-corrected chi connectivity index (χ0v) is 9.57. The lowest BCUT2D eigenvalue weighted by molar-refractivity contribution is -0.131. The van der Waals surface area contributed by atoms with Gasteiger partial charge in [-0.25, -0.2) is 0 Å². The van der Waals surface area contributed by atoms with Crippen molar-refractivity contribution in [1.29, 1.82) is 0 Å². The van der Waals surface area contributed by atoms with Crippen molar-refractivity contribution in [3.05, 3.63) is 24.3 Å². The lowest BCUT2D eigenvalue weighted by Crippen LogP contribution is -2.12. The van der Waals surface area contributed by atoms with Gasteiger partial charge in [-0.1, -0.05) is 12.1 Å². The number of hydrogen-bond acceptors (Lipinski definition) is 3. The maximum atomic E-state index is 11.1. The normalized spacial score (nSPS) is 10.4. The number of rotatable bonds is 2. The Morgan fingerprint density at radius 2 is 2.00 bits per heavy atom. The summed E-state index contributed by atoms with van der Waals surface area (Å²) in [6.45, 7) is 1.40. The van der Waals surface area contributed by atoms with Crippen LogP contribution < -0.4 is 9.64 Å². The van der Waals surface area contributed by atoms with E-state index in [1.54, 1.807) is 0 Å². The molecule has 0 unspecified atom stereocenters. The van der Waals surface area contributed by atoms with Gasteiger partial charge in [0.2, 0.25) is 0 Å². The predicted molar refractivity (Wildman–Crippen MR) is 63.9 cm³/mol. The minimum absolute atomic E-state index is 0.312. The molecule has 1 aromatic carbocycles. The Hall–Kier alpha value is -1.97. The topological polar surface area (TPSA) is 45.3 Å². The number of hydrogen-bond donors (Lipinski definition) is 1. The molecule has 1 heterocycles. The Labute approximate surface area is 93.8 Å². The largest absolute Gasteiger partial charge is 0.422 e. The van der Waals surface area contributed by atoms with Crippen LogP contribution in [0.2, 0.25) is 0 Å². The number of ether oxygens (including phenoxy) is 1. The quantitative estimate of drug-likeness (QED) is 0.786. The van der Waals surface area contributed by atoms with Gasteiger partial charge in [0.1, 0.15) is 0 Å². The molecule has 0 atom stereocenters. The maximum absolute atomic E-state index is 11.1. The van der Waals surface area contributed by atoms with E-state index in [0.29, 0.717) is 5.75 Å². The van der Waals surface area contributed by atoms with Crippen LogP contribution in [-0.4, -0.2) is 25.0 Å². The smallest absolute Gasteiger partial charge is 0.308 e. The third kappa shape index (κ3) is 1.74. The van der Waals surface area contributed by atoms with Crippen LogP contribution in [0.5, 0.6) is 5.75 Å². The van der Waals surface area contributed by atoms with Crippen molar-refractivity contribution in [3.8, 4) is 5.75 Å². The van der Waals surface area contributed by atoms with Gasteiger partial charge in [0.15, 0.2) is 11.6 Å². The number of carbonyl (C=O) groups excluding carboxylic acids is 1. The second kappa shape index (κ2) is 3.89. The summed E-state index contributed by atoms with van der Waals surface area (Å²) in [5.74, 6) is 1.08. The van der Waals surface area contributed by atoms with Crippen molar-refractivity contribution < 1.29 is 9.53 Å². The highest BCUT2D eigenvalue weighted by molar-refractivity contribution is 5.94.